The molecule has 1 aliphatic carbocycles. The Labute approximate surface area is 81.2 Å². The van der Waals surface area contributed by atoms with Crippen LogP contribution in [0.4, 0.5) is 0 Å². The third kappa shape index (κ3) is 1.70. The zero-order valence-corrected chi connectivity index (χ0v) is 9.40. The Bertz CT molecular complexity index is 258. The number of hydrogen-bond acceptors (Lipinski definition) is 1. The van der Waals surface area contributed by atoms with Gasteiger partial charge in [-0.25, -0.2) is 0 Å². The van der Waals surface area contributed by atoms with E-state index in [1.54, 1.807) is 6.92 Å². The first kappa shape index (κ1) is 10.5. The summed E-state index contributed by atoms with van der Waals surface area (Å²) in [7, 11) is 0. The van der Waals surface area contributed by atoms with Crippen molar-refractivity contribution in [3.8, 4) is 0 Å². The summed E-state index contributed by atoms with van der Waals surface area (Å²) in [6.45, 7) is 10.5. The van der Waals surface area contributed by atoms with Gasteiger partial charge in [-0.1, -0.05) is 25.0 Å². The van der Waals surface area contributed by atoms with E-state index in [1.807, 2.05) is 0 Å². The SMILES string of the molecule is CC(=O)C1CCC(C)=C(C)C1(C)C. The summed E-state index contributed by atoms with van der Waals surface area (Å²) in [6, 6.07) is 0. The minimum atomic E-state index is 0.0775. The fourth-order valence-electron chi connectivity index (χ4n) is 2.43. The van der Waals surface area contributed by atoms with Crippen molar-refractivity contribution in [3.05, 3.63) is 11.1 Å². The van der Waals surface area contributed by atoms with Crippen molar-refractivity contribution < 1.29 is 4.79 Å². The molecule has 13 heavy (non-hydrogen) atoms. The predicted molar refractivity (Wildman–Crippen MR) is 55.6 cm³/mol. The molecule has 0 saturated heterocycles. The Morgan fingerprint density at radius 2 is 1.92 bits per heavy atom. The Morgan fingerprint density at radius 3 is 2.38 bits per heavy atom. The molecule has 0 radical (unpaired) electrons. The van der Waals surface area contributed by atoms with Crippen molar-refractivity contribution >= 4 is 5.78 Å². The standard InChI is InChI=1S/C12H20O/c1-8-6-7-11(10(3)13)12(4,5)9(8)2/h11H,6-7H2,1-5H3. The summed E-state index contributed by atoms with van der Waals surface area (Å²) in [5.41, 5.74) is 2.97. The molecule has 0 heterocycles. The molecule has 0 saturated carbocycles. The predicted octanol–water partition coefficient (Wildman–Crippen LogP) is 3.35. The lowest BCUT2D eigenvalue weighted by molar-refractivity contribution is -0.124. The first-order valence-corrected chi connectivity index (χ1v) is 5.04. The van der Waals surface area contributed by atoms with Gasteiger partial charge in [0.1, 0.15) is 5.78 Å². The molecular weight excluding hydrogens is 160 g/mol. The number of carbonyl (C=O) groups is 1. The van der Waals surface area contributed by atoms with Gasteiger partial charge in [0.15, 0.2) is 0 Å². The first-order chi connectivity index (χ1) is 5.87. The van der Waals surface area contributed by atoms with Crippen LogP contribution in [0.15, 0.2) is 11.1 Å². The van der Waals surface area contributed by atoms with E-state index in [2.05, 4.69) is 27.7 Å². The monoisotopic (exact) mass is 180 g/mol. The van der Waals surface area contributed by atoms with Crippen molar-refractivity contribution in [1.29, 1.82) is 0 Å². The summed E-state index contributed by atoms with van der Waals surface area (Å²) < 4.78 is 0. The van der Waals surface area contributed by atoms with Gasteiger partial charge in [0.05, 0.1) is 0 Å². The molecule has 0 amide bonds. The van der Waals surface area contributed by atoms with Gasteiger partial charge in [-0.15, -0.1) is 0 Å². The molecule has 0 aromatic heterocycles. The van der Waals surface area contributed by atoms with E-state index in [0.29, 0.717) is 5.78 Å². The number of allylic oxidation sites excluding steroid dienone is 2. The van der Waals surface area contributed by atoms with E-state index in [9.17, 15) is 4.79 Å². The second-order valence-corrected chi connectivity index (χ2v) is 4.83. The molecule has 0 aliphatic heterocycles. The molecule has 74 valence electrons. The fourth-order valence-corrected chi connectivity index (χ4v) is 2.43. The topological polar surface area (TPSA) is 17.1 Å². The average Bonchev–Trinajstić information content (AvgIpc) is 1.99. The van der Waals surface area contributed by atoms with Crippen molar-refractivity contribution in [2.75, 3.05) is 0 Å². The minimum Gasteiger partial charge on any atom is -0.300 e. The van der Waals surface area contributed by atoms with E-state index in [4.69, 9.17) is 0 Å². The van der Waals surface area contributed by atoms with Gasteiger partial charge in [-0.3, -0.25) is 4.79 Å². The maximum Gasteiger partial charge on any atom is 0.133 e. The zero-order valence-electron chi connectivity index (χ0n) is 9.40. The Balaban J connectivity index is 3.05. The maximum atomic E-state index is 11.4. The van der Waals surface area contributed by atoms with E-state index in [0.717, 1.165) is 12.8 Å². The van der Waals surface area contributed by atoms with Crippen LogP contribution in [0.1, 0.15) is 47.5 Å². The van der Waals surface area contributed by atoms with Crippen LogP contribution in [0, 0.1) is 11.3 Å². The lowest BCUT2D eigenvalue weighted by Crippen LogP contribution is -2.34. The molecule has 0 aromatic rings. The first-order valence-electron chi connectivity index (χ1n) is 5.04. The Hall–Kier alpha value is -0.590. The summed E-state index contributed by atoms with van der Waals surface area (Å²) in [6.07, 6.45) is 2.13. The summed E-state index contributed by atoms with van der Waals surface area (Å²) in [5.74, 6) is 0.577. The van der Waals surface area contributed by atoms with Gasteiger partial charge in [-0.05, 0) is 39.0 Å². The molecule has 1 atom stereocenters. The highest BCUT2D eigenvalue weighted by Gasteiger charge is 2.37. The molecule has 0 aromatic carbocycles. The molecule has 0 bridgehead atoms. The van der Waals surface area contributed by atoms with Gasteiger partial charge < -0.3 is 0 Å². The van der Waals surface area contributed by atoms with Crippen LogP contribution in [-0.2, 0) is 4.79 Å². The lowest BCUT2D eigenvalue weighted by atomic mass is 9.65. The lowest BCUT2D eigenvalue weighted by Gasteiger charge is -2.39. The van der Waals surface area contributed by atoms with Crippen molar-refractivity contribution in [2.24, 2.45) is 11.3 Å². The Morgan fingerprint density at radius 1 is 1.38 bits per heavy atom. The number of Topliss-reactive ketones (excluding diaryl/α,β-unsaturated/α-hetero) is 1. The summed E-state index contributed by atoms with van der Waals surface area (Å²) >= 11 is 0. The van der Waals surface area contributed by atoms with Gasteiger partial charge in [0, 0.05) is 5.92 Å². The quantitative estimate of drug-likeness (QED) is 0.565. The molecular formula is C12H20O. The number of rotatable bonds is 1. The van der Waals surface area contributed by atoms with E-state index in [1.165, 1.54) is 11.1 Å². The van der Waals surface area contributed by atoms with Crippen molar-refractivity contribution in [3.63, 3.8) is 0 Å². The number of ketones is 1. The van der Waals surface area contributed by atoms with Gasteiger partial charge in [0.2, 0.25) is 0 Å². The van der Waals surface area contributed by atoms with Crippen LogP contribution < -0.4 is 0 Å². The molecule has 0 N–H and O–H groups in total. The third-order valence-electron chi connectivity index (χ3n) is 3.78. The van der Waals surface area contributed by atoms with Gasteiger partial charge in [0.25, 0.3) is 0 Å². The van der Waals surface area contributed by atoms with Crippen LogP contribution in [0.5, 0.6) is 0 Å². The second-order valence-electron chi connectivity index (χ2n) is 4.83. The molecule has 1 nitrogen and oxygen atoms in total. The van der Waals surface area contributed by atoms with Crippen LogP contribution in [0.3, 0.4) is 0 Å². The molecule has 0 spiro atoms. The highest BCUT2D eigenvalue weighted by atomic mass is 16.1. The zero-order chi connectivity index (χ0) is 10.2. The normalized spacial score (nSPS) is 27.6. The fraction of sp³-hybridized carbons (Fsp3) is 0.750. The van der Waals surface area contributed by atoms with Crippen molar-refractivity contribution in [1.82, 2.24) is 0 Å². The Kier molecular flexibility index (Phi) is 2.65. The largest absolute Gasteiger partial charge is 0.300 e. The highest BCUT2D eigenvalue weighted by Crippen LogP contribution is 2.44. The van der Waals surface area contributed by atoms with Crippen molar-refractivity contribution in [2.45, 2.75) is 47.5 Å². The van der Waals surface area contributed by atoms with E-state index in [-0.39, 0.29) is 11.3 Å². The number of carbonyl (C=O) groups excluding carboxylic acids is 1. The molecule has 1 unspecified atom stereocenters. The molecule has 1 heteroatoms. The summed E-state index contributed by atoms with van der Waals surface area (Å²) in [5, 5.41) is 0. The average molecular weight is 180 g/mol. The van der Waals surface area contributed by atoms with Crippen LogP contribution in [0.25, 0.3) is 0 Å². The molecule has 0 fully saturated rings. The van der Waals surface area contributed by atoms with Gasteiger partial charge >= 0.3 is 0 Å². The smallest absolute Gasteiger partial charge is 0.133 e. The van der Waals surface area contributed by atoms with Crippen LogP contribution >= 0.6 is 0 Å². The van der Waals surface area contributed by atoms with Crippen LogP contribution in [-0.4, -0.2) is 5.78 Å². The highest BCUT2D eigenvalue weighted by molar-refractivity contribution is 5.80. The van der Waals surface area contributed by atoms with E-state index < -0.39 is 0 Å². The van der Waals surface area contributed by atoms with Crippen LogP contribution in [0.2, 0.25) is 0 Å². The third-order valence-corrected chi connectivity index (χ3v) is 3.78. The number of hydrogen-bond donors (Lipinski definition) is 0. The summed E-state index contributed by atoms with van der Waals surface area (Å²) in [4.78, 5) is 11.4. The second kappa shape index (κ2) is 3.28. The maximum absolute atomic E-state index is 11.4. The minimum absolute atomic E-state index is 0.0775. The molecule has 1 rings (SSSR count). The van der Waals surface area contributed by atoms with E-state index >= 15 is 0 Å². The van der Waals surface area contributed by atoms with Gasteiger partial charge in [-0.2, -0.15) is 0 Å². The molecule has 1 aliphatic rings.